The lowest BCUT2D eigenvalue weighted by Crippen LogP contribution is -2.43. The van der Waals surface area contributed by atoms with Gasteiger partial charge in [-0.3, -0.25) is 0 Å². The fourth-order valence-electron chi connectivity index (χ4n) is 2.31. The summed E-state index contributed by atoms with van der Waals surface area (Å²) in [6, 6.07) is 7.66. The standard InChI is InChI=1S/C15H26N2O2S/c1-5-10-15(2,3)17-20(18,19)12-14-8-6-13(7-9-14)11-16-4/h6-9,16-17H,5,10-12H2,1-4H3. The monoisotopic (exact) mass is 298 g/mol. The van der Waals surface area contributed by atoms with Gasteiger partial charge < -0.3 is 5.32 Å². The van der Waals surface area contributed by atoms with E-state index in [1.165, 1.54) is 0 Å². The van der Waals surface area contributed by atoms with Crippen LogP contribution >= 0.6 is 0 Å². The van der Waals surface area contributed by atoms with Gasteiger partial charge in [-0.05, 0) is 38.4 Å². The summed E-state index contributed by atoms with van der Waals surface area (Å²) < 4.78 is 27.1. The minimum absolute atomic E-state index is 0.0278. The van der Waals surface area contributed by atoms with Gasteiger partial charge in [0.15, 0.2) is 0 Å². The van der Waals surface area contributed by atoms with E-state index in [9.17, 15) is 8.42 Å². The smallest absolute Gasteiger partial charge is 0.216 e. The van der Waals surface area contributed by atoms with Crippen molar-refractivity contribution in [2.24, 2.45) is 0 Å². The molecule has 0 saturated heterocycles. The largest absolute Gasteiger partial charge is 0.316 e. The van der Waals surface area contributed by atoms with Crippen LogP contribution in [0.5, 0.6) is 0 Å². The molecule has 0 bridgehead atoms. The van der Waals surface area contributed by atoms with Crippen molar-refractivity contribution < 1.29 is 8.42 Å². The van der Waals surface area contributed by atoms with E-state index in [0.717, 1.165) is 30.5 Å². The first kappa shape index (κ1) is 17.1. The van der Waals surface area contributed by atoms with E-state index in [0.29, 0.717) is 0 Å². The molecule has 4 nitrogen and oxygen atoms in total. The van der Waals surface area contributed by atoms with Crippen LogP contribution in [0.25, 0.3) is 0 Å². The zero-order chi connectivity index (χ0) is 15.2. The summed E-state index contributed by atoms with van der Waals surface area (Å²) in [4.78, 5) is 0. The number of sulfonamides is 1. The Hall–Kier alpha value is -0.910. The minimum Gasteiger partial charge on any atom is -0.316 e. The molecule has 20 heavy (non-hydrogen) atoms. The van der Waals surface area contributed by atoms with Crippen molar-refractivity contribution in [3.8, 4) is 0 Å². The Balaban J connectivity index is 2.71. The maximum atomic E-state index is 12.2. The SMILES string of the molecule is CCCC(C)(C)NS(=O)(=O)Cc1ccc(CNC)cc1. The second-order valence-electron chi connectivity index (χ2n) is 5.84. The third-order valence-corrected chi connectivity index (χ3v) is 4.64. The molecule has 0 aliphatic heterocycles. The minimum atomic E-state index is -3.31. The second-order valence-corrected chi connectivity index (χ2v) is 7.56. The molecule has 1 rings (SSSR count). The fraction of sp³-hybridized carbons (Fsp3) is 0.600. The van der Waals surface area contributed by atoms with Crippen LogP contribution in [0.3, 0.4) is 0 Å². The summed E-state index contributed by atoms with van der Waals surface area (Å²) in [7, 11) is -1.42. The molecule has 0 fully saturated rings. The summed E-state index contributed by atoms with van der Waals surface area (Å²) in [5.41, 5.74) is 1.57. The van der Waals surface area contributed by atoms with Crippen LogP contribution in [-0.4, -0.2) is 21.0 Å². The van der Waals surface area contributed by atoms with Gasteiger partial charge in [0.2, 0.25) is 10.0 Å². The molecule has 1 aromatic rings. The van der Waals surface area contributed by atoms with Gasteiger partial charge in [-0.25, -0.2) is 13.1 Å². The van der Waals surface area contributed by atoms with E-state index in [1.807, 2.05) is 45.2 Å². The van der Waals surface area contributed by atoms with Crippen molar-refractivity contribution >= 4 is 10.0 Å². The molecule has 1 aromatic carbocycles. The van der Waals surface area contributed by atoms with E-state index in [4.69, 9.17) is 0 Å². The highest BCUT2D eigenvalue weighted by Crippen LogP contribution is 2.15. The normalized spacial score (nSPS) is 12.6. The summed E-state index contributed by atoms with van der Waals surface area (Å²) in [6.07, 6.45) is 1.78. The first-order chi connectivity index (χ1) is 9.28. The fourth-order valence-corrected chi connectivity index (χ4v) is 3.96. The Kier molecular flexibility index (Phi) is 6.17. The molecule has 0 aliphatic carbocycles. The highest BCUT2D eigenvalue weighted by Gasteiger charge is 2.23. The first-order valence-corrected chi connectivity index (χ1v) is 8.67. The number of hydrogen-bond donors (Lipinski definition) is 2. The van der Waals surface area contributed by atoms with Gasteiger partial charge in [0.05, 0.1) is 5.75 Å². The molecule has 0 saturated carbocycles. The number of nitrogens with one attached hydrogen (secondary N) is 2. The van der Waals surface area contributed by atoms with Gasteiger partial charge >= 0.3 is 0 Å². The zero-order valence-corrected chi connectivity index (χ0v) is 13.7. The van der Waals surface area contributed by atoms with Crippen molar-refractivity contribution in [2.45, 2.75) is 51.4 Å². The van der Waals surface area contributed by atoms with Crippen molar-refractivity contribution in [2.75, 3.05) is 7.05 Å². The summed E-state index contributed by atoms with van der Waals surface area (Å²) >= 11 is 0. The maximum absolute atomic E-state index is 12.2. The highest BCUT2D eigenvalue weighted by atomic mass is 32.2. The van der Waals surface area contributed by atoms with Crippen molar-refractivity contribution in [3.63, 3.8) is 0 Å². The number of benzene rings is 1. The van der Waals surface area contributed by atoms with E-state index < -0.39 is 10.0 Å². The predicted molar refractivity (Wildman–Crippen MR) is 84.0 cm³/mol. The summed E-state index contributed by atoms with van der Waals surface area (Å²) in [5, 5.41) is 3.07. The first-order valence-electron chi connectivity index (χ1n) is 7.02. The molecule has 5 heteroatoms. The van der Waals surface area contributed by atoms with Gasteiger partial charge in [0.1, 0.15) is 0 Å². The maximum Gasteiger partial charge on any atom is 0.216 e. The molecule has 0 heterocycles. The Morgan fingerprint density at radius 1 is 1.10 bits per heavy atom. The van der Waals surface area contributed by atoms with Crippen molar-refractivity contribution in [1.29, 1.82) is 0 Å². The zero-order valence-electron chi connectivity index (χ0n) is 12.9. The van der Waals surface area contributed by atoms with Crippen LogP contribution in [0.15, 0.2) is 24.3 Å². The van der Waals surface area contributed by atoms with Gasteiger partial charge in [0.25, 0.3) is 0 Å². The molecule has 0 radical (unpaired) electrons. The van der Waals surface area contributed by atoms with Crippen LogP contribution < -0.4 is 10.0 Å². The lowest BCUT2D eigenvalue weighted by atomic mass is 10.0. The topological polar surface area (TPSA) is 58.2 Å². The number of rotatable bonds is 8. The quantitative estimate of drug-likeness (QED) is 0.775. The Morgan fingerprint density at radius 3 is 2.15 bits per heavy atom. The molecule has 0 atom stereocenters. The van der Waals surface area contributed by atoms with E-state index in [-0.39, 0.29) is 11.3 Å². The van der Waals surface area contributed by atoms with Gasteiger partial charge in [-0.1, -0.05) is 37.6 Å². The Morgan fingerprint density at radius 2 is 1.65 bits per heavy atom. The Bertz CT molecular complexity index is 507. The third-order valence-electron chi connectivity index (χ3n) is 3.07. The highest BCUT2D eigenvalue weighted by molar-refractivity contribution is 7.88. The number of hydrogen-bond acceptors (Lipinski definition) is 3. The summed E-state index contributed by atoms with van der Waals surface area (Å²) in [5.74, 6) is 0.0278. The average Bonchev–Trinajstić information content (AvgIpc) is 2.29. The molecular formula is C15H26N2O2S. The molecule has 114 valence electrons. The molecular weight excluding hydrogens is 272 g/mol. The van der Waals surface area contributed by atoms with Crippen LogP contribution in [-0.2, 0) is 22.3 Å². The van der Waals surface area contributed by atoms with Gasteiger partial charge in [-0.2, -0.15) is 0 Å². The van der Waals surface area contributed by atoms with Crippen molar-refractivity contribution in [1.82, 2.24) is 10.0 Å². The molecule has 0 spiro atoms. The molecule has 0 amide bonds. The molecule has 0 aliphatic rings. The van der Waals surface area contributed by atoms with Crippen LogP contribution in [0.4, 0.5) is 0 Å². The Labute approximate surface area is 123 Å². The molecule has 0 aromatic heterocycles. The predicted octanol–water partition coefficient (Wildman–Crippen LogP) is 2.40. The molecule has 0 unspecified atom stereocenters. The lowest BCUT2D eigenvalue weighted by Gasteiger charge is -2.25. The lowest BCUT2D eigenvalue weighted by molar-refractivity contribution is 0.417. The van der Waals surface area contributed by atoms with Gasteiger partial charge in [0, 0.05) is 12.1 Å². The van der Waals surface area contributed by atoms with Crippen molar-refractivity contribution in [3.05, 3.63) is 35.4 Å². The van der Waals surface area contributed by atoms with Crippen LogP contribution in [0.2, 0.25) is 0 Å². The average molecular weight is 298 g/mol. The van der Waals surface area contributed by atoms with E-state index in [1.54, 1.807) is 0 Å². The molecule has 2 N–H and O–H groups in total. The van der Waals surface area contributed by atoms with E-state index >= 15 is 0 Å². The van der Waals surface area contributed by atoms with Gasteiger partial charge in [-0.15, -0.1) is 0 Å². The third kappa shape index (κ3) is 6.03. The van der Waals surface area contributed by atoms with E-state index in [2.05, 4.69) is 17.0 Å². The van der Waals surface area contributed by atoms with Crippen LogP contribution in [0.1, 0.15) is 44.7 Å². The summed E-state index contributed by atoms with van der Waals surface area (Å²) in [6.45, 7) is 6.68. The second kappa shape index (κ2) is 7.20. The van der Waals surface area contributed by atoms with Crippen LogP contribution in [0, 0.1) is 0 Å².